The van der Waals surface area contributed by atoms with Crippen LogP contribution in [-0.4, -0.2) is 36.2 Å². The van der Waals surface area contributed by atoms with E-state index in [0.29, 0.717) is 17.2 Å². The summed E-state index contributed by atoms with van der Waals surface area (Å²) < 4.78 is 4.71. The maximum atomic E-state index is 12.7. The van der Waals surface area contributed by atoms with Crippen LogP contribution in [0.3, 0.4) is 0 Å². The van der Waals surface area contributed by atoms with E-state index in [1.54, 1.807) is 7.05 Å². The van der Waals surface area contributed by atoms with E-state index in [1.165, 1.54) is 35.4 Å². The van der Waals surface area contributed by atoms with Crippen molar-refractivity contribution in [2.24, 2.45) is 14.1 Å². The van der Waals surface area contributed by atoms with Crippen molar-refractivity contribution in [1.29, 1.82) is 0 Å². The molecule has 3 heterocycles. The number of aromatic nitrogens is 4. The molecule has 25 heavy (non-hydrogen) atoms. The molecule has 1 fully saturated rings. The number of aryl methyl sites for hydroxylation is 2. The van der Waals surface area contributed by atoms with Gasteiger partial charge in [0, 0.05) is 26.7 Å². The molecule has 1 atom stereocenters. The Labute approximate surface area is 147 Å². The van der Waals surface area contributed by atoms with Gasteiger partial charge in [-0.15, -0.1) is 0 Å². The lowest BCUT2D eigenvalue weighted by molar-refractivity contribution is 0.147. The fraction of sp³-hybridized carbons (Fsp3) is 0.722. The number of fused-ring (bicyclic) bond motifs is 1. The molecule has 0 unspecified atom stereocenters. The maximum Gasteiger partial charge on any atom is 0.332 e. The Morgan fingerprint density at radius 1 is 1.16 bits per heavy atom. The summed E-state index contributed by atoms with van der Waals surface area (Å²) in [4.78, 5) is 32.1. The fourth-order valence-electron chi connectivity index (χ4n) is 3.74. The van der Waals surface area contributed by atoms with E-state index < -0.39 is 0 Å². The Balaban J connectivity index is 2.13. The quantitative estimate of drug-likeness (QED) is 0.824. The van der Waals surface area contributed by atoms with Crippen LogP contribution in [0, 0.1) is 0 Å². The number of unbranched alkanes of at least 4 members (excludes halogenated alkanes) is 1. The summed E-state index contributed by atoms with van der Waals surface area (Å²) in [7, 11) is 3.22. The van der Waals surface area contributed by atoms with Gasteiger partial charge in [-0.05, 0) is 32.7 Å². The van der Waals surface area contributed by atoms with Crippen LogP contribution in [0.5, 0.6) is 0 Å². The van der Waals surface area contributed by atoms with Gasteiger partial charge in [-0.1, -0.05) is 19.8 Å². The summed E-state index contributed by atoms with van der Waals surface area (Å²) >= 11 is 0. The molecular weight excluding hydrogens is 318 g/mol. The second-order valence-corrected chi connectivity index (χ2v) is 7.23. The Kier molecular flexibility index (Phi) is 5.13. The van der Waals surface area contributed by atoms with Crippen molar-refractivity contribution >= 4 is 11.2 Å². The van der Waals surface area contributed by atoms with Crippen molar-refractivity contribution in [3.05, 3.63) is 26.7 Å². The molecule has 138 valence electrons. The van der Waals surface area contributed by atoms with Crippen molar-refractivity contribution in [3.8, 4) is 0 Å². The molecule has 0 aromatic carbocycles. The number of imidazole rings is 1. The molecule has 1 aliphatic heterocycles. The molecule has 7 nitrogen and oxygen atoms in total. The first-order valence-electron chi connectivity index (χ1n) is 9.34. The van der Waals surface area contributed by atoms with E-state index in [-0.39, 0.29) is 11.2 Å². The van der Waals surface area contributed by atoms with Crippen LogP contribution < -0.4 is 11.2 Å². The van der Waals surface area contributed by atoms with Crippen LogP contribution in [0.15, 0.2) is 9.59 Å². The molecule has 3 rings (SSSR count). The van der Waals surface area contributed by atoms with Gasteiger partial charge in [0.05, 0.1) is 6.54 Å². The Morgan fingerprint density at radius 2 is 1.92 bits per heavy atom. The van der Waals surface area contributed by atoms with Gasteiger partial charge in [-0.25, -0.2) is 9.78 Å². The summed E-state index contributed by atoms with van der Waals surface area (Å²) in [6.07, 6.45) is 5.72. The van der Waals surface area contributed by atoms with Gasteiger partial charge in [0.1, 0.15) is 5.82 Å². The number of hydrogen-bond acceptors (Lipinski definition) is 4. The average molecular weight is 347 g/mol. The lowest BCUT2D eigenvalue weighted by Crippen LogP contribution is -2.38. The molecule has 0 amide bonds. The van der Waals surface area contributed by atoms with Crippen molar-refractivity contribution in [2.45, 2.75) is 65.1 Å². The molecule has 0 spiro atoms. The number of hydrogen-bond donors (Lipinski definition) is 0. The molecule has 1 saturated heterocycles. The third-order valence-corrected chi connectivity index (χ3v) is 5.45. The highest BCUT2D eigenvalue weighted by Gasteiger charge is 2.23. The average Bonchev–Trinajstić information content (AvgIpc) is 2.96. The van der Waals surface area contributed by atoms with Crippen molar-refractivity contribution in [1.82, 2.24) is 23.6 Å². The maximum absolute atomic E-state index is 12.7. The van der Waals surface area contributed by atoms with Gasteiger partial charge in [-0.2, -0.15) is 0 Å². The zero-order valence-corrected chi connectivity index (χ0v) is 15.8. The summed E-state index contributed by atoms with van der Waals surface area (Å²) in [6.45, 7) is 6.95. The smallest absolute Gasteiger partial charge is 0.321 e. The van der Waals surface area contributed by atoms with E-state index >= 15 is 0 Å². The number of nitrogens with zero attached hydrogens (tertiary/aromatic N) is 5. The molecule has 0 N–H and O–H groups in total. The first-order chi connectivity index (χ1) is 12.0. The van der Waals surface area contributed by atoms with Crippen LogP contribution in [-0.2, 0) is 27.2 Å². The molecule has 0 aliphatic carbocycles. The first-order valence-corrected chi connectivity index (χ1v) is 9.34. The molecule has 2 aromatic heterocycles. The zero-order chi connectivity index (χ0) is 18.1. The zero-order valence-electron chi connectivity index (χ0n) is 15.8. The van der Waals surface area contributed by atoms with Crippen LogP contribution >= 0.6 is 0 Å². The van der Waals surface area contributed by atoms with Gasteiger partial charge in [-0.3, -0.25) is 18.8 Å². The van der Waals surface area contributed by atoms with Gasteiger partial charge in [0.15, 0.2) is 11.2 Å². The molecule has 0 radical (unpaired) electrons. The van der Waals surface area contributed by atoms with Gasteiger partial charge < -0.3 is 4.57 Å². The molecule has 1 aliphatic rings. The molecule has 0 saturated carbocycles. The second kappa shape index (κ2) is 7.15. The molecule has 7 heteroatoms. The summed E-state index contributed by atoms with van der Waals surface area (Å²) in [6, 6.07) is 0.528. The van der Waals surface area contributed by atoms with Crippen LogP contribution in [0.2, 0.25) is 0 Å². The Bertz CT molecular complexity index is 876. The number of piperidine rings is 1. The largest absolute Gasteiger partial charge is 0.332 e. The SMILES string of the molecule is CCCCn1c(CN2CCCC[C@H]2C)nc2c1c(=O)n(C)c(=O)n2C. The highest BCUT2D eigenvalue weighted by Crippen LogP contribution is 2.21. The fourth-order valence-corrected chi connectivity index (χ4v) is 3.74. The monoisotopic (exact) mass is 347 g/mol. The highest BCUT2D eigenvalue weighted by atomic mass is 16.2. The van der Waals surface area contributed by atoms with E-state index in [9.17, 15) is 9.59 Å². The topological polar surface area (TPSA) is 65.1 Å². The third kappa shape index (κ3) is 3.17. The minimum Gasteiger partial charge on any atom is -0.321 e. The van der Waals surface area contributed by atoms with E-state index in [1.807, 2.05) is 4.57 Å². The highest BCUT2D eigenvalue weighted by molar-refractivity contribution is 5.71. The van der Waals surface area contributed by atoms with Gasteiger partial charge >= 0.3 is 5.69 Å². The second-order valence-electron chi connectivity index (χ2n) is 7.23. The summed E-state index contributed by atoms with van der Waals surface area (Å²) in [5.74, 6) is 0.899. The first kappa shape index (κ1) is 17.9. The predicted molar refractivity (Wildman–Crippen MR) is 98.8 cm³/mol. The third-order valence-electron chi connectivity index (χ3n) is 5.45. The molecular formula is C18H29N5O2. The van der Waals surface area contributed by atoms with E-state index in [2.05, 4.69) is 18.7 Å². The normalized spacial score (nSPS) is 19.0. The number of rotatable bonds is 5. The van der Waals surface area contributed by atoms with Gasteiger partial charge in [0.25, 0.3) is 5.56 Å². The lowest BCUT2D eigenvalue weighted by atomic mass is 10.0. The predicted octanol–water partition coefficient (Wildman–Crippen LogP) is 1.61. The van der Waals surface area contributed by atoms with Crippen molar-refractivity contribution < 1.29 is 0 Å². The Morgan fingerprint density at radius 3 is 2.60 bits per heavy atom. The molecule has 2 aromatic rings. The minimum atomic E-state index is -0.324. The standard InChI is InChI=1S/C18H29N5O2/c1-5-6-11-23-14(12-22-10-8-7-9-13(22)2)19-16-15(23)17(24)21(4)18(25)20(16)3/h13H,5-12H2,1-4H3/t13-/m1/s1. The summed E-state index contributed by atoms with van der Waals surface area (Å²) in [5.41, 5.74) is 0.483. The van der Waals surface area contributed by atoms with Crippen molar-refractivity contribution in [2.75, 3.05) is 6.54 Å². The van der Waals surface area contributed by atoms with E-state index in [4.69, 9.17) is 4.98 Å². The van der Waals surface area contributed by atoms with Crippen LogP contribution in [0.25, 0.3) is 11.2 Å². The van der Waals surface area contributed by atoms with Crippen LogP contribution in [0.1, 0.15) is 51.8 Å². The summed E-state index contributed by atoms with van der Waals surface area (Å²) in [5, 5.41) is 0. The minimum absolute atomic E-state index is 0.250. The van der Waals surface area contributed by atoms with Crippen molar-refractivity contribution in [3.63, 3.8) is 0 Å². The number of likely N-dealkylation sites (tertiary alicyclic amines) is 1. The van der Waals surface area contributed by atoms with E-state index in [0.717, 1.165) is 38.3 Å². The van der Waals surface area contributed by atoms with Crippen LogP contribution in [0.4, 0.5) is 0 Å². The lowest BCUT2D eigenvalue weighted by Gasteiger charge is -2.33. The van der Waals surface area contributed by atoms with Gasteiger partial charge in [0.2, 0.25) is 0 Å². The molecule has 0 bridgehead atoms. The Hall–Kier alpha value is -1.89.